The fraction of sp³-hybridized carbons (Fsp3) is 0.750. The molecule has 3 heteroatoms. The molecule has 1 aromatic rings. The van der Waals surface area contributed by atoms with Crippen molar-refractivity contribution in [1.29, 1.82) is 0 Å². The molecule has 1 aromatic heterocycles. The van der Waals surface area contributed by atoms with Crippen molar-refractivity contribution in [3.63, 3.8) is 0 Å². The molecule has 1 saturated heterocycles. The normalized spacial score (nSPS) is 24.8. The van der Waals surface area contributed by atoms with Crippen LogP contribution in [0, 0.1) is 12.8 Å². The second kappa shape index (κ2) is 5.68. The van der Waals surface area contributed by atoms with Crippen LogP contribution >= 0.6 is 0 Å². The number of nitrogens with zero attached hydrogens (tertiary/aromatic N) is 1. The molecule has 0 bridgehead atoms. The van der Waals surface area contributed by atoms with E-state index >= 15 is 0 Å². The molecule has 1 aliphatic heterocycles. The third-order valence-electron chi connectivity index (χ3n) is 4.35. The first-order valence-corrected chi connectivity index (χ1v) is 7.74. The molecule has 2 fully saturated rings. The number of piperidine rings is 1. The molecule has 0 radical (unpaired) electrons. The Hall–Kier alpha value is -0.800. The van der Waals surface area contributed by atoms with Crippen LogP contribution in [0.4, 0.5) is 0 Å². The van der Waals surface area contributed by atoms with Gasteiger partial charge in [-0.25, -0.2) is 0 Å². The highest BCUT2D eigenvalue weighted by Gasteiger charge is 2.21. The third-order valence-corrected chi connectivity index (χ3v) is 4.35. The molecular weight excluding hydrogens is 236 g/mol. The highest BCUT2D eigenvalue weighted by atomic mass is 16.3. The van der Waals surface area contributed by atoms with Crippen LogP contribution in [0.15, 0.2) is 10.5 Å². The van der Waals surface area contributed by atoms with Gasteiger partial charge in [0.1, 0.15) is 11.5 Å². The number of hydrogen-bond acceptors (Lipinski definition) is 3. The average molecular weight is 262 g/mol. The van der Waals surface area contributed by atoms with Crippen LogP contribution in [-0.4, -0.2) is 24.0 Å². The van der Waals surface area contributed by atoms with Crippen LogP contribution < -0.4 is 5.32 Å². The van der Waals surface area contributed by atoms with Gasteiger partial charge in [-0.1, -0.05) is 6.92 Å². The first-order chi connectivity index (χ1) is 9.20. The number of hydrogen-bond donors (Lipinski definition) is 1. The smallest absolute Gasteiger partial charge is 0.118 e. The molecule has 0 spiro atoms. The summed E-state index contributed by atoms with van der Waals surface area (Å²) in [6, 6.07) is 3.00. The van der Waals surface area contributed by atoms with Crippen molar-refractivity contribution < 1.29 is 4.42 Å². The lowest BCUT2D eigenvalue weighted by atomic mass is 10.00. The van der Waals surface area contributed by atoms with E-state index in [9.17, 15) is 0 Å². The first kappa shape index (κ1) is 13.2. The van der Waals surface area contributed by atoms with Crippen LogP contribution in [0.25, 0.3) is 0 Å². The summed E-state index contributed by atoms with van der Waals surface area (Å²) in [4.78, 5) is 2.57. The molecule has 2 heterocycles. The summed E-state index contributed by atoms with van der Waals surface area (Å²) in [6.07, 6.45) is 5.39. The minimum absolute atomic E-state index is 0.747. The summed E-state index contributed by atoms with van der Waals surface area (Å²) < 4.78 is 5.87. The van der Waals surface area contributed by atoms with Crippen LogP contribution in [0.2, 0.25) is 0 Å². The summed E-state index contributed by atoms with van der Waals surface area (Å²) in [6.45, 7) is 8.89. The van der Waals surface area contributed by atoms with Crippen molar-refractivity contribution in [2.75, 3.05) is 13.1 Å². The fourth-order valence-corrected chi connectivity index (χ4v) is 3.04. The van der Waals surface area contributed by atoms with Gasteiger partial charge in [-0.15, -0.1) is 0 Å². The molecule has 0 aromatic carbocycles. The lowest BCUT2D eigenvalue weighted by molar-refractivity contribution is 0.176. The lowest BCUT2D eigenvalue weighted by Crippen LogP contribution is -2.33. The molecule has 3 rings (SSSR count). The molecule has 1 unspecified atom stereocenters. The molecule has 1 N–H and O–H groups in total. The van der Waals surface area contributed by atoms with Crippen LogP contribution in [0.3, 0.4) is 0 Å². The zero-order valence-corrected chi connectivity index (χ0v) is 12.2. The first-order valence-electron chi connectivity index (χ1n) is 7.74. The molecule has 3 nitrogen and oxygen atoms in total. The van der Waals surface area contributed by atoms with E-state index in [4.69, 9.17) is 4.42 Å². The maximum atomic E-state index is 5.87. The van der Waals surface area contributed by atoms with E-state index in [1.54, 1.807) is 0 Å². The van der Waals surface area contributed by atoms with Gasteiger partial charge in [0, 0.05) is 24.7 Å². The van der Waals surface area contributed by atoms with Crippen LogP contribution in [0.5, 0.6) is 0 Å². The standard InChI is InChI=1S/C16H26N2O/c1-12-4-3-7-18(10-12)11-14-8-16(19-13(14)2)9-17-15-5-6-15/h8,12,15,17H,3-7,9-11H2,1-2H3. The SMILES string of the molecule is Cc1oc(CNC2CC2)cc1CN1CCCC(C)C1. The quantitative estimate of drug-likeness (QED) is 0.884. The molecule has 0 amide bonds. The van der Waals surface area contributed by atoms with Gasteiger partial charge in [-0.05, 0) is 51.1 Å². The second-order valence-corrected chi connectivity index (χ2v) is 6.43. The maximum absolute atomic E-state index is 5.87. The molecular formula is C16H26N2O. The summed E-state index contributed by atoms with van der Waals surface area (Å²) in [5.41, 5.74) is 1.38. The predicted octanol–water partition coefficient (Wildman–Crippen LogP) is 3.07. The molecule has 2 aliphatic rings. The summed E-state index contributed by atoms with van der Waals surface area (Å²) in [7, 11) is 0. The van der Waals surface area contributed by atoms with Crippen molar-refractivity contribution in [3.8, 4) is 0 Å². The Morgan fingerprint density at radius 1 is 1.37 bits per heavy atom. The zero-order valence-electron chi connectivity index (χ0n) is 12.2. The Bertz CT molecular complexity index is 422. The second-order valence-electron chi connectivity index (χ2n) is 6.43. The number of aryl methyl sites for hydroxylation is 1. The topological polar surface area (TPSA) is 28.4 Å². The van der Waals surface area contributed by atoms with Gasteiger partial charge < -0.3 is 9.73 Å². The van der Waals surface area contributed by atoms with Crippen LogP contribution in [0.1, 0.15) is 49.7 Å². The number of nitrogens with one attached hydrogen (secondary N) is 1. The van der Waals surface area contributed by atoms with Gasteiger partial charge in [0.25, 0.3) is 0 Å². The maximum Gasteiger partial charge on any atom is 0.118 e. The van der Waals surface area contributed by atoms with Gasteiger partial charge >= 0.3 is 0 Å². The monoisotopic (exact) mass is 262 g/mol. The van der Waals surface area contributed by atoms with Crippen molar-refractivity contribution in [1.82, 2.24) is 10.2 Å². The van der Waals surface area contributed by atoms with E-state index in [0.717, 1.165) is 36.6 Å². The third kappa shape index (κ3) is 3.61. The highest BCUT2D eigenvalue weighted by Crippen LogP contribution is 2.23. The number of furan rings is 1. The lowest BCUT2D eigenvalue weighted by Gasteiger charge is -2.30. The van der Waals surface area contributed by atoms with Crippen LogP contribution in [-0.2, 0) is 13.1 Å². The van der Waals surface area contributed by atoms with Crippen molar-refractivity contribution in [3.05, 3.63) is 23.2 Å². The van der Waals surface area contributed by atoms with Gasteiger partial charge in [0.15, 0.2) is 0 Å². The van der Waals surface area contributed by atoms with Gasteiger partial charge in [-0.2, -0.15) is 0 Å². The number of likely N-dealkylation sites (tertiary alicyclic amines) is 1. The summed E-state index contributed by atoms with van der Waals surface area (Å²) >= 11 is 0. The van der Waals surface area contributed by atoms with Crippen molar-refractivity contribution in [2.45, 2.75) is 58.7 Å². The predicted molar refractivity (Wildman–Crippen MR) is 77.0 cm³/mol. The van der Waals surface area contributed by atoms with E-state index in [1.807, 2.05) is 0 Å². The Balaban J connectivity index is 1.56. The van der Waals surface area contributed by atoms with E-state index in [0.29, 0.717) is 0 Å². The average Bonchev–Trinajstić information content (AvgIpc) is 3.13. The zero-order chi connectivity index (χ0) is 13.2. The fourth-order valence-electron chi connectivity index (χ4n) is 3.04. The number of rotatable bonds is 5. The van der Waals surface area contributed by atoms with Gasteiger partial charge in [0.05, 0.1) is 6.54 Å². The molecule has 1 aliphatic carbocycles. The summed E-state index contributed by atoms with van der Waals surface area (Å²) in [5.74, 6) is 3.05. The minimum Gasteiger partial charge on any atom is -0.465 e. The molecule has 19 heavy (non-hydrogen) atoms. The molecule has 1 atom stereocenters. The van der Waals surface area contributed by atoms with Crippen molar-refractivity contribution >= 4 is 0 Å². The Morgan fingerprint density at radius 2 is 2.21 bits per heavy atom. The van der Waals surface area contributed by atoms with E-state index < -0.39 is 0 Å². The van der Waals surface area contributed by atoms with Gasteiger partial charge in [0.2, 0.25) is 0 Å². The molecule has 1 saturated carbocycles. The van der Waals surface area contributed by atoms with Crippen molar-refractivity contribution in [2.24, 2.45) is 5.92 Å². The summed E-state index contributed by atoms with van der Waals surface area (Å²) in [5, 5.41) is 3.52. The Labute approximate surface area is 116 Å². The Morgan fingerprint density at radius 3 is 2.95 bits per heavy atom. The molecule has 106 valence electrons. The Kier molecular flexibility index (Phi) is 3.94. The largest absolute Gasteiger partial charge is 0.465 e. The van der Waals surface area contributed by atoms with E-state index in [2.05, 4.69) is 30.1 Å². The highest BCUT2D eigenvalue weighted by molar-refractivity contribution is 5.21. The van der Waals surface area contributed by atoms with E-state index in [1.165, 1.54) is 44.3 Å². The van der Waals surface area contributed by atoms with E-state index in [-0.39, 0.29) is 0 Å². The van der Waals surface area contributed by atoms with Gasteiger partial charge in [-0.3, -0.25) is 4.90 Å². The minimum atomic E-state index is 0.747.